The maximum Gasteiger partial charge on any atom is 0.0397 e. The van der Waals surface area contributed by atoms with E-state index >= 15 is 0 Å². The van der Waals surface area contributed by atoms with Gasteiger partial charge < -0.3 is 10.2 Å². The monoisotopic (exact) mass is 262 g/mol. The van der Waals surface area contributed by atoms with Crippen LogP contribution in [0.15, 0.2) is 18.2 Å². The average Bonchev–Trinajstić information content (AvgIpc) is 2.79. The molecule has 0 spiro atoms. The normalized spacial score (nSPS) is 20.2. The molecule has 1 aromatic rings. The summed E-state index contributed by atoms with van der Waals surface area (Å²) in [6.07, 6.45) is 3.87. The molecule has 2 heterocycles. The van der Waals surface area contributed by atoms with Gasteiger partial charge in [-0.05, 0) is 48.0 Å². The summed E-state index contributed by atoms with van der Waals surface area (Å²) in [7, 11) is 2.18. The third-order valence-electron chi connectivity index (χ3n) is 4.09. The van der Waals surface area contributed by atoms with Gasteiger partial charge in [0.05, 0.1) is 0 Å². The van der Waals surface area contributed by atoms with Crippen LogP contribution in [0.4, 0.5) is 5.69 Å². The van der Waals surface area contributed by atoms with E-state index in [1.54, 1.807) is 0 Å². The van der Waals surface area contributed by atoms with Gasteiger partial charge in [-0.3, -0.25) is 0 Å². The first-order chi connectivity index (χ1) is 8.83. The summed E-state index contributed by atoms with van der Waals surface area (Å²) in [5.41, 5.74) is 4.39. The van der Waals surface area contributed by atoms with Crippen LogP contribution in [0, 0.1) is 0 Å². The van der Waals surface area contributed by atoms with Crippen LogP contribution in [0.5, 0.6) is 0 Å². The molecule has 0 aromatic heterocycles. The summed E-state index contributed by atoms with van der Waals surface area (Å²) in [6, 6.07) is 7.70. The molecule has 3 rings (SSSR count). The van der Waals surface area contributed by atoms with E-state index < -0.39 is 0 Å². The van der Waals surface area contributed by atoms with E-state index in [2.05, 4.69) is 47.2 Å². The summed E-state index contributed by atoms with van der Waals surface area (Å²) in [5, 5.41) is 3.71. The van der Waals surface area contributed by atoms with E-state index in [-0.39, 0.29) is 0 Å². The number of fused-ring (bicyclic) bond motifs is 1. The molecule has 2 aliphatic heterocycles. The van der Waals surface area contributed by atoms with Gasteiger partial charge in [0.25, 0.3) is 0 Å². The maximum absolute atomic E-state index is 3.71. The highest BCUT2D eigenvalue weighted by Crippen LogP contribution is 2.27. The first-order valence-electron chi connectivity index (χ1n) is 6.97. The Hall–Kier alpha value is -0.670. The Morgan fingerprint density at radius 3 is 3.00 bits per heavy atom. The molecular weight excluding hydrogens is 240 g/mol. The third-order valence-corrected chi connectivity index (χ3v) is 5.14. The predicted molar refractivity (Wildman–Crippen MR) is 80.6 cm³/mol. The van der Waals surface area contributed by atoms with Gasteiger partial charge in [0.1, 0.15) is 0 Å². The zero-order valence-corrected chi connectivity index (χ0v) is 11.9. The molecule has 98 valence electrons. The van der Waals surface area contributed by atoms with Crippen molar-refractivity contribution in [2.24, 2.45) is 0 Å². The number of nitrogens with zero attached hydrogens (tertiary/aromatic N) is 1. The lowest BCUT2D eigenvalue weighted by Gasteiger charge is -2.22. The summed E-state index contributed by atoms with van der Waals surface area (Å²) < 4.78 is 0. The minimum absolute atomic E-state index is 0.738. The molecular formula is C15H22N2S. The largest absolute Gasteiger partial charge is 0.374 e. The molecule has 3 heteroatoms. The van der Waals surface area contributed by atoms with Crippen molar-refractivity contribution in [3.8, 4) is 0 Å². The molecule has 0 unspecified atom stereocenters. The van der Waals surface area contributed by atoms with E-state index in [4.69, 9.17) is 0 Å². The van der Waals surface area contributed by atoms with Crippen molar-refractivity contribution in [3.05, 3.63) is 29.3 Å². The zero-order valence-electron chi connectivity index (χ0n) is 11.1. The molecule has 1 saturated heterocycles. The summed E-state index contributed by atoms with van der Waals surface area (Å²) in [4.78, 5) is 2.35. The second kappa shape index (κ2) is 5.54. The number of hydrogen-bond acceptors (Lipinski definition) is 3. The van der Waals surface area contributed by atoms with Crippen molar-refractivity contribution in [3.63, 3.8) is 0 Å². The standard InChI is InChI=1S/C15H22N2S/c1-17-7-4-13-10-12(2-3-15(13)17)11-16-14-5-8-18-9-6-14/h2-3,10,14,16H,4-9,11H2,1H3. The van der Waals surface area contributed by atoms with Crippen LogP contribution in [-0.2, 0) is 13.0 Å². The van der Waals surface area contributed by atoms with E-state index in [0.717, 1.165) is 12.6 Å². The average molecular weight is 262 g/mol. The Labute approximate surface area is 114 Å². The third kappa shape index (κ3) is 2.67. The molecule has 0 saturated carbocycles. The van der Waals surface area contributed by atoms with Gasteiger partial charge in [0.2, 0.25) is 0 Å². The smallest absolute Gasteiger partial charge is 0.0397 e. The molecule has 1 fully saturated rings. The number of thioether (sulfide) groups is 1. The Balaban J connectivity index is 1.60. The topological polar surface area (TPSA) is 15.3 Å². The van der Waals surface area contributed by atoms with Gasteiger partial charge in [-0.15, -0.1) is 0 Å². The minimum atomic E-state index is 0.738. The molecule has 2 aliphatic rings. The van der Waals surface area contributed by atoms with Crippen molar-refractivity contribution in [1.82, 2.24) is 5.32 Å². The second-order valence-corrected chi connectivity index (χ2v) is 6.63. The molecule has 0 radical (unpaired) electrons. The summed E-state index contributed by atoms with van der Waals surface area (Å²) in [5.74, 6) is 2.65. The first kappa shape index (κ1) is 12.4. The fraction of sp³-hybridized carbons (Fsp3) is 0.600. The lowest BCUT2D eigenvalue weighted by atomic mass is 10.1. The van der Waals surface area contributed by atoms with E-state index in [1.165, 1.54) is 54.1 Å². The van der Waals surface area contributed by atoms with Gasteiger partial charge in [0.15, 0.2) is 0 Å². The maximum atomic E-state index is 3.71. The second-order valence-electron chi connectivity index (χ2n) is 5.40. The van der Waals surface area contributed by atoms with E-state index in [1.807, 2.05) is 0 Å². The van der Waals surface area contributed by atoms with Crippen LogP contribution >= 0.6 is 11.8 Å². The quantitative estimate of drug-likeness (QED) is 0.901. The van der Waals surface area contributed by atoms with Gasteiger partial charge in [-0.1, -0.05) is 12.1 Å². The lowest BCUT2D eigenvalue weighted by molar-refractivity contribution is 0.482. The van der Waals surface area contributed by atoms with Gasteiger partial charge in [-0.25, -0.2) is 0 Å². The van der Waals surface area contributed by atoms with Crippen LogP contribution in [0.3, 0.4) is 0 Å². The lowest BCUT2D eigenvalue weighted by Crippen LogP contribution is -2.32. The van der Waals surface area contributed by atoms with Crippen molar-refractivity contribution >= 4 is 17.4 Å². The van der Waals surface area contributed by atoms with Crippen molar-refractivity contribution in [1.29, 1.82) is 0 Å². The highest BCUT2D eigenvalue weighted by molar-refractivity contribution is 7.99. The Morgan fingerprint density at radius 2 is 2.17 bits per heavy atom. The van der Waals surface area contributed by atoms with Gasteiger partial charge in [-0.2, -0.15) is 11.8 Å². The predicted octanol–water partition coefficient (Wildman–Crippen LogP) is 2.66. The fourth-order valence-electron chi connectivity index (χ4n) is 2.89. The highest BCUT2D eigenvalue weighted by Gasteiger charge is 2.16. The summed E-state index contributed by atoms with van der Waals surface area (Å²) in [6.45, 7) is 2.21. The molecule has 18 heavy (non-hydrogen) atoms. The Kier molecular flexibility index (Phi) is 3.80. The van der Waals surface area contributed by atoms with Crippen molar-refractivity contribution < 1.29 is 0 Å². The Morgan fingerprint density at radius 1 is 1.33 bits per heavy atom. The molecule has 0 atom stereocenters. The fourth-order valence-corrected chi connectivity index (χ4v) is 4.00. The van der Waals surface area contributed by atoms with Crippen LogP contribution in [0.25, 0.3) is 0 Å². The minimum Gasteiger partial charge on any atom is -0.374 e. The van der Waals surface area contributed by atoms with Gasteiger partial charge in [0, 0.05) is 31.9 Å². The highest BCUT2D eigenvalue weighted by atomic mass is 32.2. The molecule has 1 N–H and O–H groups in total. The zero-order chi connectivity index (χ0) is 12.4. The Bertz CT molecular complexity index is 413. The number of anilines is 1. The van der Waals surface area contributed by atoms with Crippen LogP contribution < -0.4 is 10.2 Å². The van der Waals surface area contributed by atoms with Crippen molar-refractivity contribution in [2.75, 3.05) is 30.0 Å². The van der Waals surface area contributed by atoms with Crippen LogP contribution in [-0.4, -0.2) is 31.1 Å². The number of rotatable bonds is 3. The van der Waals surface area contributed by atoms with E-state index in [0.29, 0.717) is 0 Å². The number of nitrogens with one attached hydrogen (secondary N) is 1. The first-order valence-corrected chi connectivity index (χ1v) is 8.12. The van der Waals surface area contributed by atoms with E-state index in [9.17, 15) is 0 Å². The molecule has 2 nitrogen and oxygen atoms in total. The number of benzene rings is 1. The molecule has 0 aliphatic carbocycles. The van der Waals surface area contributed by atoms with Gasteiger partial charge >= 0.3 is 0 Å². The number of hydrogen-bond donors (Lipinski definition) is 1. The molecule has 0 amide bonds. The molecule has 1 aromatic carbocycles. The van der Waals surface area contributed by atoms with Crippen molar-refractivity contribution in [2.45, 2.75) is 31.8 Å². The summed E-state index contributed by atoms with van der Waals surface area (Å²) >= 11 is 2.09. The SMILES string of the molecule is CN1CCc2cc(CNC3CCSCC3)ccc21. The van der Waals surface area contributed by atoms with Crippen LogP contribution in [0.1, 0.15) is 24.0 Å². The number of likely N-dealkylation sites (N-methyl/N-ethyl adjacent to an activating group) is 1. The van der Waals surface area contributed by atoms with Crippen LogP contribution in [0.2, 0.25) is 0 Å². The molecule has 0 bridgehead atoms.